The quantitative estimate of drug-likeness (QED) is 0.368. The third-order valence-electron chi connectivity index (χ3n) is 6.54. The van der Waals surface area contributed by atoms with Crippen LogP contribution < -0.4 is 4.74 Å². The highest BCUT2D eigenvalue weighted by Crippen LogP contribution is 2.38. The number of rotatable bonds is 6. The Kier molecular flexibility index (Phi) is 7.02. The van der Waals surface area contributed by atoms with E-state index in [2.05, 4.69) is 6.58 Å². The van der Waals surface area contributed by atoms with E-state index in [1.54, 1.807) is 48.6 Å². The molecule has 0 aromatic heterocycles. The molecule has 0 N–H and O–H groups in total. The van der Waals surface area contributed by atoms with Gasteiger partial charge in [-0.1, -0.05) is 67.3 Å². The van der Waals surface area contributed by atoms with Gasteiger partial charge in [-0.25, -0.2) is 13.2 Å². The second-order valence-electron chi connectivity index (χ2n) is 8.51. The monoisotopic (exact) mass is 448 g/mol. The average Bonchev–Trinajstić information content (AvgIpc) is 2.85. The highest BCUT2D eigenvalue weighted by Gasteiger charge is 2.23. The first-order valence-corrected chi connectivity index (χ1v) is 11.2. The summed E-state index contributed by atoms with van der Waals surface area (Å²) >= 11 is 0. The minimum atomic E-state index is -0.845. The first-order valence-electron chi connectivity index (χ1n) is 11.2. The van der Waals surface area contributed by atoms with Crippen LogP contribution in [0.2, 0.25) is 0 Å². The Morgan fingerprint density at radius 3 is 2.24 bits per heavy atom. The van der Waals surface area contributed by atoms with Crippen LogP contribution in [0.15, 0.2) is 67.3 Å². The van der Waals surface area contributed by atoms with Crippen LogP contribution >= 0.6 is 0 Å². The lowest BCUT2D eigenvalue weighted by atomic mass is 9.78. The van der Waals surface area contributed by atoms with Crippen molar-refractivity contribution in [2.24, 2.45) is 5.92 Å². The maximum Gasteiger partial charge on any atom is 0.167 e. The Morgan fingerprint density at radius 1 is 0.879 bits per heavy atom. The summed E-state index contributed by atoms with van der Waals surface area (Å²) in [4.78, 5) is 0. The number of benzene rings is 3. The molecule has 1 aliphatic rings. The highest BCUT2D eigenvalue weighted by molar-refractivity contribution is 5.68. The molecule has 1 nitrogen and oxygen atoms in total. The predicted molar refractivity (Wildman–Crippen MR) is 129 cm³/mol. The minimum absolute atomic E-state index is 0.168. The average molecular weight is 449 g/mol. The summed E-state index contributed by atoms with van der Waals surface area (Å²) in [5.41, 5.74) is 2.74. The first kappa shape index (κ1) is 22.9. The van der Waals surface area contributed by atoms with Gasteiger partial charge in [0, 0.05) is 17.2 Å². The van der Waals surface area contributed by atoms with Crippen molar-refractivity contribution in [1.29, 1.82) is 0 Å². The molecule has 3 aromatic carbocycles. The zero-order valence-corrected chi connectivity index (χ0v) is 18.7. The fourth-order valence-corrected chi connectivity index (χ4v) is 4.54. The van der Waals surface area contributed by atoms with Gasteiger partial charge in [0.05, 0.1) is 7.11 Å². The molecular formula is C29H27F3O. The molecule has 4 rings (SSSR count). The molecule has 0 atom stereocenters. The van der Waals surface area contributed by atoms with Crippen molar-refractivity contribution in [3.8, 4) is 16.9 Å². The van der Waals surface area contributed by atoms with Gasteiger partial charge in [-0.05, 0) is 60.3 Å². The van der Waals surface area contributed by atoms with Crippen LogP contribution in [0.25, 0.3) is 23.3 Å². The summed E-state index contributed by atoms with van der Waals surface area (Å²) in [7, 11) is 1.52. The molecule has 0 unspecified atom stereocenters. The smallest absolute Gasteiger partial charge is 0.167 e. The van der Waals surface area contributed by atoms with E-state index in [1.165, 1.54) is 13.2 Å². The highest BCUT2D eigenvalue weighted by atomic mass is 19.2. The van der Waals surface area contributed by atoms with Crippen LogP contribution in [0.4, 0.5) is 13.2 Å². The third-order valence-corrected chi connectivity index (χ3v) is 6.54. The van der Waals surface area contributed by atoms with Crippen LogP contribution in [0.1, 0.15) is 48.3 Å². The van der Waals surface area contributed by atoms with Crippen molar-refractivity contribution in [1.82, 2.24) is 0 Å². The number of hydrogen-bond acceptors (Lipinski definition) is 1. The van der Waals surface area contributed by atoms with Crippen LogP contribution in [0.5, 0.6) is 5.75 Å². The molecule has 0 heterocycles. The first-order chi connectivity index (χ1) is 16.0. The number of ether oxygens (including phenoxy) is 1. The van der Waals surface area contributed by atoms with Crippen molar-refractivity contribution in [3.63, 3.8) is 0 Å². The van der Waals surface area contributed by atoms with E-state index in [1.807, 2.05) is 18.2 Å². The molecule has 170 valence electrons. The molecule has 0 bridgehead atoms. The van der Waals surface area contributed by atoms with E-state index in [4.69, 9.17) is 4.74 Å². The fourth-order valence-electron chi connectivity index (χ4n) is 4.54. The number of hydrogen-bond donors (Lipinski definition) is 0. The Bertz CT molecular complexity index is 1160. The SMILES string of the molecule is C=Cc1ccc(-c2ccc(/C=C/C3CCC(c4ccc(OC)cc4F)CC3)c(F)c2F)cc1. The van der Waals surface area contributed by atoms with Gasteiger partial charge in [0.15, 0.2) is 11.6 Å². The largest absolute Gasteiger partial charge is 0.497 e. The Labute approximate surface area is 193 Å². The van der Waals surface area contributed by atoms with Gasteiger partial charge in [-0.15, -0.1) is 0 Å². The predicted octanol–water partition coefficient (Wildman–Crippen LogP) is 8.41. The van der Waals surface area contributed by atoms with Crippen molar-refractivity contribution in [2.45, 2.75) is 31.6 Å². The van der Waals surface area contributed by atoms with E-state index >= 15 is 0 Å². The standard InChI is InChI=1S/C29H27F3O/c1-3-19-4-9-22(10-5-19)26-16-14-23(28(31)29(26)32)13-8-20-6-11-21(12-7-20)25-17-15-24(33-2)18-27(25)30/h3-5,8-10,13-18,20-21H,1,6-7,11-12H2,2H3/b13-8+. The molecule has 0 aliphatic heterocycles. The van der Waals surface area contributed by atoms with Gasteiger partial charge in [0.1, 0.15) is 11.6 Å². The van der Waals surface area contributed by atoms with Gasteiger partial charge >= 0.3 is 0 Å². The van der Waals surface area contributed by atoms with Gasteiger partial charge < -0.3 is 4.74 Å². The summed E-state index contributed by atoms with van der Waals surface area (Å²) in [5, 5.41) is 0. The van der Waals surface area contributed by atoms with Gasteiger partial charge in [-0.3, -0.25) is 0 Å². The van der Waals surface area contributed by atoms with E-state index < -0.39 is 11.6 Å². The van der Waals surface area contributed by atoms with Gasteiger partial charge in [-0.2, -0.15) is 0 Å². The zero-order chi connectivity index (χ0) is 23.4. The Hall–Kier alpha value is -3.27. The third kappa shape index (κ3) is 5.05. The normalized spacial score (nSPS) is 18.4. The fraction of sp³-hybridized carbons (Fsp3) is 0.241. The van der Waals surface area contributed by atoms with Crippen LogP contribution in [0, 0.1) is 23.4 Å². The Morgan fingerprint density at radius 2 is 1.61 bits per heavy atom. The molecule has 1 aliphatic carbocycles. The second-order valence-corrected chi connectivity index (χ2v) is 8.51. The number of allylic oxidation sites excluding steroid dienone is 1. The van der Waals surface area contributed by atoms with Crippen molar-refractivity contribution < 1.29 is 17.9 Å². The van der Waals surface area contributed by atoms with E-state index in [9.17, 15) is 13.2 Å². The summed E-state index contributed by atoms with van der Waals surface area (Å²) in [6, 6.07) is 15.4. The number of halogens is 3. The number of methoxy groups -OCH3 is 1. The lowest BCUT2D eigenvalue weighted by Crippen LogP contribution is -2.13. The van der Waals surface area contributed by atoms with Crippen molar-refractivity contribution in [2.75, 3.05) is 7.11 Å². The minimum Gasteiger partial charge on any atom is -0.497 e. The summed E-state index contributed by atoms with van der Waals surface area (Å²) in [6.07, 6.45) is 8.80. The van der Waals surface area contributed by atoms with Crippen molar-refractivity contribution in [3.05, 3.63) is 101 Å². The van der Waals surface area contributed by atoms with E-state index in [0.29, 0.717) is 11.3 Å². The summed E-state index contributed by atoms with van der Waals surface area (Å²) in [5.74, 6) is -0.975. The van der Waals surface area contributed by atoms with E-state index in [0.717, 1.165) is 36.8 Å². The molecule has 1 fully saturated rings. The second kappa shape index (κ2) is 10.1. The maximum absolute atomic E-state index is 14.8. The van der Waals surface area contributed by atoms with E-state index in [-0.39, 0.29) is 28.8 Å². The van der Waals surface area contributed by atoms with Crippen LogP contribution in [-0.2, 0) is 0 Å². The zero-order valence-electron chi connectivity index (χ0n) is 18.7. The summed E-state index contributed by atoms with van der Waals surface area (Å²) < 4.78 is 49.0. The lowest BCUT2D eigenvalue weighted by Gasteiger charge is -2.27. The summed E-state index contributed by atoms with van der Waals surface area (Å²) in [6.45, 7) is 3.70. The molecule has 0 radical (unpaired) electrons. The van der Waals surface area contributed by atoms with Gasteiger partial charge in [0.25, 0.3) is 0 Å². The van der Waals surface area contributed by atoms with Crippen LogP contribution in [0.3, 0.4) is 0 Å². The molecule has 4 heteroatoms. The van der Waals surface area contributed by atoms with Crippen LogP contribution in [-0.4, -0.2) is 7.11 Å². The molecule has 3 aromatic rings. The molecule has 33 heavy (non-hydrogen) atoms. The lowest BCUT2D eigenvalue weighted by molar-refractivity contribution is 0.367. The molecule has 1 saturated carbocycles. The van der Waals surface area contributed by atoms with Gasteiger partial charge in [0.2, 0.25) is 0 Å². The molecule has 0 saturated heterocycles. The molecule has 0 amide bonds. The topological polar surface area (TPSA) is 9.23 Å². The molecule has 0 spiro atoms. The van der Waals surface area contributed by atoms with Crippen molar-refractivity contribution >= 4 is 12.2 Å². The Balaban J connectivity index is 1.42. The maximum atomic E-state index is 14.8. The molecular weight excluding hydrogens is 421 g/mol.